The zero-order valence-corrected chi connectivity index (χ0v) is 15.8. The molecule has 0 atom stereocenters. The summed E-state index contributed by atoms with van der Waals surface area (Å²) in [6, 6.07) is 13.2. The van der Waals surface area contributed by atoms with E-state index in [-0.39, 0.29) is 11.9 Å². The van der Waals surface area contributed by atoms with Crippen LogP contribution in [0.5, 0.6) is 0 Å². The fourth-order valence-electron chi connectivity index (χ4n) is 2.38. The average molecular weight is 375 g/mol. The van der Waals surface area contributed by atoms with E-state index in [1.54, 1.807) is 48.5 Å². The second-order valence-corrected chi connectivity index (χ2v) is 6.14. The molecule has 0 saturated carbocycles. The minimum atomic E-state index is -0.368. The van der Waals surface area contributed by atoms with Gasteiger partial charge in [-0.1, -0.05) is 25.4 Å². The summed E-state index contributed by atoms with van der Waals surface area (Å²) in [5, 5.41) is 3.35. The third-order valence-electron chi connectivity index (χ3n) is 4.02. The molecule has 0 bridgehead atoms. The van der Waals surface area contributed by atoms with E-state index in [2.05, 4.69) is 24.1 Å². The van der Waals surface area contributed by atoms with Crippen LogP contribution in [0.25, 0.3) is 0 Å². The molecule has 0 unspecified atom stereocenters. The van der Waals surface area contributed by atoms with Crippen LogP contribution in [0.1, 0.15) is 34.6 Å². The standard InChI is InChI=1S/C20H23ClN2O3/c1-3-23(4-2)13-14-26-20(25)16-7-11-18(12-8-16)22-19(24)15-5-9-17(21)10-6-15/h5-12H,3-4,13-14H2,1-2H3,(H,22,24). The van der Waals surface area contributed by atoms with Crippen LogP contribution in [0, 0.1) is 0 Å². The van der Waals surface area contributed by atoms with Gasteiger partial charge in [0, 0.05) is 22.8 Å². The minimum absolute atomic E-state index is 0.240. The summed E-state index contributed by atoms with van der Waals surface area (Å²) < 4.78 is 5.28. The molecule has 2 aromatic rings. The first-order valence-electron chi connectivity index (χ1n) is 8.60. The Morgan fingerprint density at radius 2 is 1.54 bits per heavy atom. The molecule has 6 heteroatoms. The van der Waals surface area contributed by atoms with Crippen LogP contribution < -0.4 is 5.32 Å². The first-order chi connectivity index (χ1) is 12.5. The third kappa shape index (κ3) is 5.86. The summed E-state index contributed by atoms with van der Waals surface area (Å²) in [5.41, 5.74) is 1.56. The van der Waals surface area contributed by atoms with E-state index in [9.17, 15) is 9.59 Å². The number of hydrogen-bond acceptors (Lipinski definition) is 4. The topological polar surface area (TPSA) is 58.6 Å². The summed E-state index contributed by atoms with van der Waals surface area (Å²) in [7, 11) is 0. The first-order valence-corrected chi connectivity index (χ1v) is 8.97. The lowest BCUT2D eigenvalue weighted by Gasteiger charge is -2.17. The highest BCUT2D eigenvalue weighted by Gasteiger charge is 2.10. The second kappa shape index (κ2) is 9.94. The number of ether oxygens (including phenoxy) is 1. The molecule has 2 aromatic carbocycles. The Kier molecular flexibility index (Phi) is 7.63. The zero-order valence-electron chi connectivity index (χ0n) is 15.0. The highest BCUT2D eigenvalue weighted by atomic mass is 35.5. The van der Waals surface area contributed by atoms with Gasteiger partial charge in [0.25, 0.3) is 5.91 Å². The van der Waals surface area contributed by atoms with Crippen LogP contribution in [0.4, 0.5) is 5.69 Å². The van der Waals surface area contributed by atoms with Gasteiger partial charge in [0.2, 0.25) is 0 Å². The van der Waals surface area contributed by atoms with E-state index in [4.69, 9.17) is 16.3 Å². The monoisotopic (exact) mass is 374 g/mol. The maximum absolute atomic E-state index is 12.2. The summed E-state index contributed by atoms with van der Waals surface area (Å²) in [6.45, 7) is 7.07. The van der Waals surface area contributed by atoms with Gasteiger partial charge in [-0.2, -0.15) is 0 Å². The Hall–Kier alpha value is -2.37. The normalized spacial score (nSPS) is 10.6. The number of hydrogen-bond donors (Lipinski definition) is 1. The molecule has 0 heterocycles. The number of benzene rings is 2. The second-order valence-electron chi connectivity index (χ2n) is 5.70. The van der Waals surface area contributed by atoms with Crippen molar-refractivity contribution < 1.29 is 14.3 Å². The number of rotatable bonds is 8. The largest absolute Gasteiger partial charge is 0.461 e. The highest BCUT2D eigenvalue weighted by Crippen LogP contribution is 2.14. The number of carbonyl (C=O) groups excluding carboxylic acids is 2. The molecule has 1 amide bonds. The van der Waals surface area contributed by atoms with Gasteiger partial charge in [-0.05, 0) is 61.6 Å². The fourth-order valence-corrected chi connectivity index (χ4v) is 2.51. The maximum Gasteiger partial charge on any atom is 0.338 e. The summed E-state index contributed by atoms with van der Waals surface area (Å²) in [5.74, 6) is -0.607. The van der Waals surface area contributed by atoms with Gasteiger partial charge in [0.15, 0.2) is 0 Å². The van der Waals surface area contributed by atoms with Gasteiger partial charge in [-0.15, -0.1) is 0 Å². The number of carbonyl (C=O) groups is 2. The van der Waals surface area contributed by atoms with E-state index in [0.717, 1.165) is 13.1 Å². The van der Waals surface area contributed by atoms with Crippen molar-refractivity contribution in [3.8, 4) is 0 Å². The number of esters is 1. The number of likely N-dealkylation sites (N-methyl/N-ethyl adjacent to an activating group) is 1. The minimum Gasteiger partial charge on any atom is -0.461 e. The van der Waals surface area contributed by atoms with Crippen molar-refractivity contribution in [1.29, 1.82) is 0 Å². The van der Waals surface area contributed by atoms with Gasteiger partial charge >= 0.3 is 5.97 Å². The lowest BCUT2D eigenvalue weighted by atomic mass is 10.2. The quantitative estimate of drug-likeness (QED) is 0.707. The molecule has 2 rings (SSSR count). The summed E-state index contributed by atoms with van der Waals surface area (Å²) >= 11 is 5.82. The first kappa shape index (κ1) is 19.9. The van der Waals surface area contributed by atoms with Crippen molar-refractivity contribution in [3.05, 3.63) is 64.7 Å². The van der Waals surface area contributed by atoms with E-state index < -0.39 is 0 Å². The number of nitrogens with zero attached hydrogens (tertiary/aromatic N) is 1. The molecule has 26 heavy (non-hydrogen) atoms. The van der Waals surface area contributed by atoms with Gasteiger partial charge < -0.3 is 15.0 Å². The fraction of sp³-hybridized carbons (Fsp3) is 0.300. The summed E-state index contributed by atoms with van der Waals surface area (Å²) in [6.07, 6.45) is 0. The molecule has 0 spiro atoms. The van der Waals surface area contributed by atoms with Gasteiger partial charge in [-0.3, -0.25) is 4.79 Å². The summed E-state index contributed by atoms with van der Waals surface area (Å²) in [4.78, 5) is 26.4. The van der Waals surface area contributed by atoms with Crippen molar-refractivity contribution in [2.24, 2.45) is 0 Å². The van der Waals surface area contributed by atoms with E-state index in [1.165, 1.54) is 0 Å². The van der Waals surface area contributed by atoms with Gasteiger partial charge in [0.1, 0.15) is 6.61 Å². The molecule has 1 N–H and O–H groups in total. The van der Waals surface area contributed by atoms with Crippen molar-refractivity contribution in [1.82, 2.24) is 4.90 Å². The Bertz CT molecular complexity index is 726. The SMILES string of the molecule is CCN(CC)CCOC(=O)c1ccc(NC(=O)c2ccc(Cl)cc2)cc1. The number of halogens is 1. The third-order valence-corrected chi connectivity index (χ3v) is 4.27. The van der Waals surface area contributed by atoms with Crippen LogP contribution in [0.15, 0.2) is 48.5 Å². The molecule has 0 aliphatic heterocycles. The Morgan fingerprint density at radius 1 is 0.962 bits per heavy atom. The lowest BCUT2D eigenvalue weighted by molar-refractivity contribution is 0.0466. The Morgan fingerprint density at radius 3 is 2.12 bits per heavy atom. The maximum atomic E-state index is 12.2. The van der Waals surface area contributed by atoms with Crippen LogP contribution >= 0.6 is 11.6 Å². The molecule has 0 fully saturated rings. The molecular formula is C20H23ClN2O3. The average Bonchev–Trinajstić information content (AvgIpc) is 2.66. The molecule has 0 aliphatic rings. The van der Waals surface area contributed by atoms with E-state index in [1.807, 2.05) is 0 Å². The predicted octanol–water partition coefficient (Wildman–Crippen LogP) is 4.09. The molecular weight excluding hydrogens is 352 g/mol. The molecule has 0 saturated heterocycles. The smallest absolute Gasteiger partial charge is 0.338 e. The zero-order chi connectivity index (χ0) is 18.9. The molecule has 0 radical (unpaired) electrons. The predicted molar refractivity (Wildman–Crippen MR) is 104 cm³/mol. The highest BCUT2D eigenvalue weighted by molar-refractivity contribution is 6.30. The van der Waals surface area contributed by atoms with E-state index >= 15 is 0 Å². The molecule has 5 nitrogen and oxygen atoms in total. The molecule has 0 aromatic heterocycles. The van der Waals surface area contributed by atoms with Crippen molar-refractivity contribution in [2.45, 2.75) is 13.8 Å². The van der Waals surface area contributed by atoms with Crippen LogP contribution in [-0.2, 0) is 4.74 Å². The van der Waals surface area contributed by atoms with E-state index in [0.29, 0.717) is 35.0 Å². The number of nitrogens with one attached hydrogen (secondary N) is 1. The molecule has 138 valence electrons. The van der Waals surface area contributed by atoms with Crippen LogP contribution in [-0.4, -0.2) is 43.0 Å². The van der Waals surface area contributed by atoms with Gasteiger partial charge in [-0.25, -0.2) is 4.79 Å². The number of amides is 1. The lowest BCUT2D eigenvalue weighted by Crippen LogP contribution is -2.27. The van der Waals surface area contributed by atoms with Crippen molar-refractivity contribution in [2.75, 3.05) is 31.6 Å². The van der Waals surface area contributed by atoms with Gasteiger partial charge in [0.05, 0.1) is 5.56 Å². The van der Waals surface area contributed by atoms with Crippen LogP contribution in [0.3, 0.4) is 0 Å². The van der Waals surface area contributed by atoms with Crippen molar-refractivity contribution in [3.63, 3.8) is 0 Å². The molecule has 0 aliphatic carbocycles. The van der Waals surface area contributed by atoms with Crippen LogP contribution in [0.2, 0.25) is 5.02 Å². The number of anilines is 1. The Labute approximate surface area is 158 Å². The van der Waals surface area contributed by atoms with Crippen molar-refractivity contribution >= 4 is 29.2 Å². The Balaban J connectivity index is 1.88.